The first-order valence-corrected chi connectivity index (χ1v) is 9.14. The zero-order valence-corrected chi connectivity index (χ0v) is 15.0. The molecule has 4 heterocycles. The fourth-order valence-electron chi connectivity index (χ4n) is 4.50. The molecule has 6 nitrogen and oxygen atoms in total. The summed E-state index contributed by atoms with van der Waals surface area (Å²) in [5.74, 6) is 1.60. The molecule has 28 heavy (non-hydrogen) atoms. The van der Waals surface area contributed by atoms with Crippen molar-refractivity contribution in [1.29, 1.82) is 0 Å². The van der Waals surface area contributed by atoms with Crippen molar-refractivity contribution in [3.05, 3.63) is 59.1 Å². The molecule has 2 aromatic heterocycles. The smallest absolute Gasteiger partial charge is 0.387 e. The predicted octanol–water partition coefficient (Wildman–Crippen LogP) is 4.45. The molecule has 6 rings (SSSR count). The summed E-state index contributed by atoms with van der Waals surface area (Å²) >= 11 is 6.23. The highest BCUT2D eigenvalue weighted by Crippen LogP contribution is 2.51. The van der Waals surface area contributed by atoms with Crippen molar-refractivity contribution >= 4 is 22.6 Å². The van der Waals surface area contributed by atoms with Crippen LogP contribution in [0, 0.1) is 0 Å². The van der Waals surface area contributed by atoms with E-state index in [0.29, 0.717) is 22.8 Å². The molecule has 2 aliphatic heterocycles. The molecule has 0 N–H and O–H groups in total. The van der Waals surface area contributed by atoms with E-state index in [-0.39, 0.29) is 17.8 Å². The monoisotopic (exact) mass is 399 g/mol. The molecule has 0 radical (unpaired) electrons. The Morgan fingerprint density at radius 3 is 2.93 bits per heavy atom. The molecule has 4 aromatic rings. The van der Waals surface area contributed by atoms with Gasteiger partial charge in [0.15, 0.2) is 5.82 Å². The third kappa shape index (κ3) is 2.03. The highest BCUT2D eigenvalue weighted by molar-refractivity contribution is 6.31. The Kier molecular flexibility index (Phi) is 3.15. The van der Waals surface area contributed by atoms with Gasteiger partial charge in [0.05, 0.1) is 23.1 Å². The minimum atomic E-state index is -2.92. The molecule has 2 aliphatic rings. The van der Waals surface area contributed by atoms with Crippen LogP contribution in [0.1, 0.15) is 29.9 Å². The van der Waals surface area contributed by atoms with E-state index in [1.54, 1.807) is 24.5 Å². The molecule has 0 unspecified atom stereocenters. The zero-order chi connectivity index (χ0) is 19.0. The van der Waals surface area contributed by atoms with Crippen molar-refractivity contribution < 1.29 is 13.5 Å². The van der Waals surface area contributed by atoms with E-state index < -0.39 is 6.61 Å². The maximum absolute atomic E-state index is 13.1. The Bertz CT molecular complexity index is 1250. The summed E-state index contributed by atoms with van der Waals surface area (Å²) in [7, 11) is 0. The third-order valence-electron chi connectivity index (χ3n) is 5.50. The molecule has 9 heteroatoms. The number of nitrogens with zero attached hydrogens (tertiary/aromatic N) is 5. The number of rotatable bonds is 2. The van der Waals surface area contributed by atoms with E-state index in [4.69, 9.17) is 21.3 Å². The van der Waals surface area contributed by atoms with Crippen LogP contribution in [0.2, 0.25) is 5.02 Å². The van der Waals surface area contributed by atoms with Crippen LogP contribution in [0.15, 0.2) is 42.7 Å². The Labute approximate surface area is 162 Å². The van der Waals surface area contributed by atoms with Crippen LogP contribution in [-0.4, -0.2) is 30.9 Å². The van der Waals surface area contributed by atoms with E-state index >= 15 is 0 Å². The number of imidazole rings is 1. The Morgan fingerprint density at radius 1 is 1.18 bits per heavy atom. The summed E-state index contributed by atoms with van der Waals surface area (Å²) in [6, 6.07) is 10.3. The lowest BCUT2D eigenvalue weighted by atomic mass is 9.97. The van der Waals surface area contributed by atoms with Gasteiger partial charge in [0, 0.05) is 22.6 Å². The molecular formula is C19H12ClF2N5O. The zero-order valence-electron chi connectivity index (χ0n) is 14.3. The molecule has 0 saturated heterocycles. The van der Waals surface area contributed by atoms with Crippen LogP contribution in [0.3, 0.4) is 0 Å². The lowest BCUT2D eigenvalue weighted by molar-refractivity contribution is -0.0506. The molecule has 2 bridgehead atoms. The number of hydrogen-bond donors (Lipinski definition) is 0. The lowest BCUT2D eigenvalue weighted by Gasteiger charge is -2.21. The van der Waals surface area contributed by atoms with Crippen LogP contribution in [0.5, 0.6) is 5.75 Å². The fourth-order valence-corrected chi connectivity index (χ4v) is 4.67. The molecule has 0 spiro atoms. The predicted molar refractivity (Wildman–Crippen MR) is 97.7 cm³/mol. The molecule has 0 amide bonds. The number of alkyl halides is 2. The highest BCUT2D eigenvalue weighted by atomic mass is 35.5. The van der Waals surface area contributed by atoms with E-state index in [0.717, 1.165) is 22.4 Å². The summed E-state index contributed by atoms with van der Waals surface area (Å²) in [6.07, 6.45) is 2.31. The van der Waals surface area contributed by atoms with Gasteiger partial charge in [-0.15, -0.1) is 10.2 Å². The Balaban J connectivity index is 1.71. The minimum Gasteiger partial charge on any atom is -0.434 e. The highest BCUT2D eigenvalue weighted by Gasteiger charge is 2.42. The first-order chi connectivity index (χ1) is 13.6. The summed E-state index contributed by atoms with van der Waals surface area (Å²) in [4.78, 5) is 4.80. The maximum atomic E-state index is 13.1. The molecule has 0 aliphatic carbocycles. The van der Waals surface area contributed by atoms with Crippen LogP contribution in [0.25, 0.3) is 22.4 Å². The number of benzene rings is 2. The van der Waals surface area contributed by atoms with Gasteiger partial charge >= 0.3 is 6.61 Å². The quantitative estimate of drug-likeness (QED) is 0.500. The van der Waals surface area contributed by atoms with Gasteiger partial charge in [-0.25, -0.2) is 4.98 Å². The summed E-state index contributed by atoms with van der Waals surface area (Å²) in [5.41, 5.74) is 3.07. The average Bonchev–Trinajstić information content (AvgIpc) is 3.33. The SMILES string of the molecule is FC(F)Oc1cccc2c1[C@@H]1C[C@H](c3nc4ccc(Cl)cc4n31)n1cnnc1-2. The third-order valence-corrected chi connectivity index (χ3v) is 5.74. The van der Waals surface area contributed by atoms with Gasteiger partial charge in [-0.3, -0.25) is 0 Å². The second-order valence-electron chi connectivity index (χ2n) is 6.90. The Hall–Kier alpha value is -3.00. The van der Waals surface area contributed by atoms with E-state index in [1.807, 2.05) is 22.8 Å². The van der Waals surface area contributed by atoms with Crippen LogP contribution < -0.4 is 4.74 Å². The van der Waals surface area contributed by atoms with Gasteiger partial charge in [0.25, 0.3) is 0 Å². The van der Waals surface area contributed by atoms with Crippen molar-refractivity contribution in [3.63, 3.8) is 0 Å². The molecule has 2 aromatic carbocycles. The van der Waals surface area contributed by atoms with Crippen molar-refractivity contribution in [2.75, 3.05) is 0 Å². The first-order valence-electron chi connectivity index (χ1n) is 8.77. The van der Waals surface area contributed by atoms with Crippen molar-refractivity contribution in [1.82, 2.24) is 24.3 Å². The lowest BCUT2D eigenvalue weighted by Crippen LogP contribution is -2.13. The van der Waals surface area contributed by atoms with Gasteiger partial charge in [-0.1, -0.05) is 23.7 Å². The number of ether oxygens (including phenoxy) is 1. The largest absolute Gasteiger partial charge is 0.434 e. The van der Waals surface area contributed by atoms with Gasteiger partial charge in [0.1, 0.15) is 17.9 Å². The number of fused-ring (bicyclic) bond motifs is 6. The molecular weight excluding hydrogens is 388 g/mol. The summed E-state index contributed by atoms with van der Waals surface area (Å²) in [6.45, 7) is -2.92. The normalized spacial score (nSPS) is 19.4. The summed E-state index contributed by atoms with van der Waals surface area (Å²) < 4.78 is 35.2. The number of halogens is 3. The van der Waals surface area contributed by atoms with Crippen LogP contribution in [-0.2, 0) is 0 Å². The van der Waals surface area contributed by atoms with Gasteiger partial charge in [0.2, 0.25) is 0 Å². The molecule has 140 valence electrons. The molecule has 0 saturated carbocycles. The summed E-state index contributed by atoms with van der Waals surface area (Å²) in [5, 5.41) is 8.90. The fraction of sp³-hybridized carbons (Fsp3) is 0.211. The first kappa shape index (κ1) is 16.0. The van der Waals surface area contributed by atoms with E-state index in [2.05, 4.69) is 14.8 Å². The van der Waals surface area contributed by atoms with Gasteiger partial charge < -0.3 is 13.9 Å². The topological polar surface area (TPSA) is 57.8 Å². The van der Waals surface area contributed by atoms with Crippen molar-refractivity contribution in [3.8, 4) is 17.1 Å². The van der Waals surface area contributed by atoms with Crippen molar-refractivity contribution in [2.45, 2.75) is 25.1 Å². The molecule has 2 atom stereocenters. The Morgan fingerprint density at radius 2 is 2.07 bits per heavy atom. The van der Waals surface area contributed by atoms with Gasteiger partial charge in [-0.2, -0.15) is 8.78 Å². The van der Waals surface area contributed by atoms with E-state index in [9.17, 15) is 8.78 Å². The van der Waals surface area contributed by atoms with Gasteiger partial charge in [-0.05, 0) is 24.3 Å². The number of aromatic nitrogens is 5. The molecule has 0 fully saturated rings. The standard InChI is InChI=1S/C19H12ClF2N5O/c20-9-4-5-11-12(6-9)27-13-7-14(18(27)24-11)26-8-23-25-17(26)10-2-1-3-15(16(10)13)28-19(21)22/h1-6,8,13-14,19H,7H2/t13-,14+/m0/s1. The van der Waals surface area contributed by atoms with E-state index in [1.165, 1.54) is 0 Å². The van der Waals surface area contributed by atoms with Crippen LogP contribution >= 0.6 is 11.6 Å². The second-order valence-corrected chi connectivity index (χ2v) is 7.33. The average molecular weight is 400 g/mol. The number of hydrogen-bond acceptors (Lipinski definition) is 4. The second kappa shape index (κ2) is 5.51. The minimum absolute atomic E-state index is 0.104. The maximum Gasteiger partial charge on any atom is 0.387 e. The van der Waals surface area contributed by atoms with Crippen LogP contribution in [0.4, 0.5) is 8.78 Å². The van der Waals surface area contributed by atoms with Crippen molar-refractivity contribution in [2.24, 2.45) is 0 Å².